The summed E-state index contributed by atoms with van der Waals surface area (Å²) < 4.78 is 0. The highest BCUT2D eigenvalue weighted by Gasteiger charge is 2.22. The summed E-state index contributed by atoms with van der Waals surface area (Å²) in [6, 6.07) is 14.0. The highest BCUT2D eigenvalue weighted by molar-refractivity contribution is 8.00. The number of anilines is 1. The molecule has 1 aliphatic rings. The molecule has 0 atom stereocenters. The number of thioether (sulfide) groups is 1. The number of nitro groups is 1. The van der Waals surface area contributed by atoms with Gasteiger partial charge in [0.05, 0.1) is 10.7 Å². The summed E-state index contributed by atoms with van der Waals surface area (Å²) in [5.74, 6) is 0.488. The number of nitrogens with zero attached hydrogens (tertiary/aromatic N) is 3. The molecule has 0 aliphatic carbocycles. The fourth-order valence-electron chi connectivity index (χ4n) is 2.78. The molecule has 0 bridgehead atoms. The zero-order chi connectivity index (χ0) is 18.5. The molecule has 0 saturated carbocycles. The van der Waals surface area contributed by atoms with Gasteiger partial charge in [-0.15, -0.1) is 11.8 Å². The standard InChI is InChI=1S/C18H18ClN3O3S/c19-14-4-6-17(7-5-14)26-13-18(23)21-10-8-20(9-11-21)15-2-1-3-16(12-15)22(24)25/h1-7,12H,8-11,13H2. The predicted molar refractivity (Wildman–Crippen MR) is 104 cm³/mol. The van der Waals surface area contributed by atoms with Crippen molar-refractivity contribution in [2.45, 2.75) is 4.90 Å². The summed E-state index contributed by atoms with van der Waals surface area (Å²) >= 11 is 7.36. The van der Waals surface area contributed by atoms with E-state index in [1.165, 1.54) is 17.8 Å². The van der Waals surface area contributed by atoms with Crippen molar-refractivity contribution in [1.29, 1.82) is 0 Å². The van der Waals surface area contributed by atoms with E-state index in [0.29, 0.717) is 37.0 Å². The molecule has 136 valence electrons. The third-order valence-electron chi connectivity index (χ3n) is 4.21. The summed E-state index contributed by atoms with van der Waals surface area (Å²) in [6.07, 6.45) is 0. The van der Waals surface area contributed by atoms with Crippen molar-refractivity contribution in [2.24, 2.45) is 0 Å². The SMILES string of the molecule is O=C(CSc1ccc(Cl)cc1)N1CCN(c2cccc([N+](=O)[O-])c2)CC1. The topological polar surface area (TPSA) is 66.7 Å². The molecule has 0 radical (unpaired) electrons. The first-order valence-electron chi connectivity index (χ1n) is 8.18. The van der Waals surface area contributed by atoms with Gasteiger partial charge in [0.2, 0.25) is 5.91 Å². The first-order valence-corrected chi connectivity index (χ1v) is 9.55. The monoisotopic (exact) mass is 391 g/mol. The minimum atomic E-state index is -0.392. The van der Waals surface area contributed by atoms with Gasteiger partial charge in [-0.1, -0.05) is 17.7 Å². The molecule has 6 nitrogen and oxygen atoms in total. The molecule has 1 heterocycles. The molecule has 0 spiro atoms. The van der Waals surface area contributed by atoms with Gasteiger partial charge in [-0.3, -0.25) is 14.9 Å². The fraction of sp³-hybridized carbons (Fsp3) is 0.278. The first-order chi connectivity index (χ1) is 12.5. The van der Waals surface area contributed by atoms with Crippen molar-refractivity contribution in [3.8, 4) is 0 Å². The lowest BCUT2D eigenvalue weighted by atomic mass is 10.2. The Morgan fingerprint density at radius 2 is 1.81 bits per heavy atom. The lowest BCUT2D eigenvalue weighted by Gasteiger charge is -2.36. The van der Waals surface area contributed by atoms with Crippen LogP contribution in [0.5, 0.6) is 0 Å². The first kappa shape index (κ1) is 18.5. The molecule has 1 amide bonds. The van der Waals surface area contributed by atoms with Crippen LogP contribution in [-0.4, -0.2) is 47.7 Å². The van der Waals surface area contributed by atoms with E-state index in [1.54, 1.807) is 12.1 Å². The van der Waals surface area contributed by atoms with Crippen molar-refractivity contribution in [3.63, 3.8) is 0 Å². The third kappa shape index (κ3) is 4.68. The number of halogens is 1. The molecule has 26 heavy (non-hydrogen) atoms. The van der Waals surface area contributed by atoms with E-state index >= 15 is 0 Å². The third-order valence-corrected chi connectivity index (χ3v) is 5.46. The molecule has 0 unspecified atom stereocenters. The average molecular weight is 392 g/mol. The summed E-state index contributed by atoms with van der Waals surface area (Å²) in [7, 11) is 0. The number of nitro benzene ring substituents is 1. The fourth-order valence-corrected chi connectivity index (χ4v) is 3.71. The van der Waals surface area contributed by atoms with E-state index in [-0.39, 0.29) is 11.6 Å². The minimum absolute atomic E-state index is 0.0837. The van der Waals surface area contributed by atoms with Crippen molar-refractivity contribution in [2.75, 3.05) is 36.8 Å². The van der Waals surface area contributed by atoms with E-state index in [2.05, 4.69) is 4.90 Å². The number of rotatable bonds is 5. The van der Waals surface area contributed by atoms with Gasteiger partial charge in [-0.25, -0.2) is 0 Å². The Balaban J connectivity index is 1.51. The lowest BCUT2D eigenvalue weighted by Crippen LogP contribution is -2.49. The van der Waals surface area contributed by atoms with Crippen LogP contribution in [0.4, 0.5) is 11.4 Å². The summed E-state index contributed by atoms with van der Waals surface area (Å²) in [5.41, 5.74) is 0.905. The van der Waals surface area contributed by atoms with Gasteiger partial charge in [0, 0.05) is 53.9 Å². The molecule has 2 aromatic rings. The quantitative estimate of drug-likeness (QED) is 0.441. The molecule has 1 aliphatic heterocycles. The van der Waals surface area contributed by atoms with Crippen molar-refractivity contribution >= 4 is 40.6 Å². The number of carbonyl (C=O) groups is 1. The van der Waals surface area contributed by atoms with E-state index in [0.717, 1.165) is 10.6 Å². The van der Waals surface area contributed by atoms with Crippen LogP contribution in [0.1, 0.15) is 0 Å². The van der Waals surface area contributed by atoms with Crippen molar-refractivity contribution < 1.29 is 9.72 Å². The predicted octanol–water partition coefficient (Wildman–Crippen LogP) is 3.69. The zero-order valence-electron chi connectivity index (χ0n) is 14.0. The zero-order valence-corrected chi connectivity index (χ0v) is 15.6. The number of piperazine rings is 1. The van der Waals surface area contributed by atoms with E-state index in [4.69, 9.17) is 11.6 Å². The molecular weight excluding hydrogens is 374 g/mol. The molecule has 3 rings (SSSR count). The minimum Gasteiger partial charge on any atom is -0.368 e. The van der Waals surface area contributed by atoms with E-state index in [9.17, 15) is 14.9 Å². The number of carbonyl (C=O) groups excluding carboxylic acids is 1. The molecule has 2 aromatic carbocycles. The molecule has 1 fully saturated rings. The highest BCUT2D eigenvalue weighted by atomic mass is 35.5. The second-order valence-corrected chi connectivity index (χ2v) is 7.37. The Bertz CT molecular complexity index is 793. The normalized spacial score (nSPS) is 14.3. The number of hydrogen-bond donors (Lipinski definition) is 0. The molecule has 8 heteroatoms. The van der Waals surface area contributed by atoms with Crippen LogP contribution in [0.2, 0.25) is 5.02 Å². The largest absolute Gasteiger partial charge is 0.368 e. The molecular formula is C18H18ClN3O3S. The van der Waals surface area contributed by atoms with Crippen LogP contribution in [0, 0.1) is 10.1 Å². The Labute approximate surface area is 160 Å². The van der Waals surface area contributed by atoms with Gasteiger partial charge in [0.25, 0.3) is 5.69 Å². The maximum atomic E-state index is 12.4. The van der Waals surface area contributed by atoms with Gasteiger partial charge in [-0.2, -0.15) is 0 Å². The maximum absolute atomic E-state index is 12.4. The van der Waals surface area contributed by atoms with E-state index in [1.807, 2.05) is 35.2 Å². The Kier molecular flexibility index (Phi) is 6.00. The number of non-ortho nitro benzene ring substituents is 1. The summed E-state index contributed by atoms with van der Waals surface area (Å²) in [6.45, 7) is 2.56. The van der Waals surface area contributed by atoms with Gasteiger partial charge in [0.1, 0.15) is 0 Å². The lowest BCUT2D eigenvalue weighted by molar-refractivity contribution is -0.384. The van der Waals surface area contributed by atoms with Crippen LogP contribution in [0.25, 0.3) is 0 Å². The highest BCUT2D eigenvalue weighted by Crippen LogP contribution is 2.23. The van der Waals surface area contributed by atoms with Crippen LogP contribution < -0.4 is 4.90 Å². The molecule has 0 N–H and O–H groups in total. The molecule has 0 aromatic heterocycles. The number of benzene rings is 2. The number of hydrogen-bond acceptors (Lipinski definition) is 5. The van der Waals surface area contributed by atoms with Crippen LogP contribution >= 0.6 is 23.4 Å². The second-order valence-electron chi connectivity index (χ2n) is 5.89. The summed E-state index contributed by atoms with van der Waals surface area (Å²) in [4.78, 5) is 27.8. The second kappa shape index (κ2) is 8.42. The summed E-state index contributed by atoms with van der Waals surface area (Å²) in [5, 5.41) is 11.6. The Morgan fingerprint density at radius 3 is 2.46 bits per heavy atom. The van der Waals surface area contributed by atoms with Gasteiger partial charge in [0.15, 0.2) is 0 Å². The van der Waals surface area contributed by atoms with Crippen molar-refractivity contribution in [3.05, 3.63) is 63.7 Å². The van der Waals surface area contributed by atoms with Gasteiger partial charge < -0.3 is 9.80 Å². The smallest absolute Gasteiger partial charge is 0.271 e. The van der Waals surface area contributed by atoms with E-state index < -0.39 is 4.92 Å². The van der Waals surface area contributed by atoms with Crippen LogP contribution in [-0.2, 0) is 4.79 Å². The van der Waals surface area contributed by atoms with Crippen molar-refractivity contribution in [1.82, 2.24) is 4.90 Å². The molecule has 1 saturated heterocycles. The Hall–Kier alpha value is -2.25. The van der Waals surface area contributed by atoms with Crippen LogP contribution in [0.15, 0.2) is 53.4 Å². The van der Waals surface area contributed by atoms with Gasteiger partial charge >= 0.3 is 0 Å². The van der Waals surface area contributed by atoms with Gasteiger partial charge in [-0.05, 0) is 30.3 Å². The average Bonchev–Trinajstić information content (AvgIpc) is 2.67. The maximum Gasteiger partial charge on any atom is 0.271 e. The Morgan fingerprint density at radius 1 is 1.12 bits per heavy atom. The number of amides is 1. The van der Waals surface area contributed by atoms with Crippen LogP contribution in [0.3, 0.4) is 0 Å².